The van der Waals surface area contributed by atoms with Crippen molar-refractivity contribution in [3.63, 3.8) is 0 Å². The van der Waals surface area contributed by atoms with Crippen LogP contribution in [0.2, 0.25) is 5.02 Å². The zero-order valence-electron chi connectivity index (χ0n) is 18.8. The van der Waals surface area contributed by atoms with E-state index in [1.165, 1.54) is 40.5 Å². The van der Waals surface area contributed by atoms with Gasteiger partial charge in [-0.2, -0.15) is 0 Å². The fraction of sp³-hybridized carbons (Fsp3) is 0.391. The number of hydrogen-bond acceptors (Lipinski definition) is 8. The van der Waals surface area contributed by atoms with E-state index in [1.54, 1.807) is 26.4 Å². The third-order valence-electron chi connectivity index (χ3n) is 5.60. The Labute approximate surface area is 207 Å². The number of thiazole rings is 1. The summed E-state index contributed by atoms with van der Waals surface area (Å²) in [5.74, 6) is 0.514. The van der Waals surface area contributed by atoms with Gasteiger partial charge in [0.15, 0.2) is 15.0 Å². The molecule has 1 amide bonds. The highest BCUT2D eigenvalue weighted by atomic mass is 35.5. The summed E-state index contributed by atoms with van der Waals surface area (Å²) in [6.07, 6.45) is 1.42. The van der Waals surface area contributed by atoms with Crippen molar-refractivity contribution in [2.24, 2.45) is 0 Å². The molecule has 11 heteroatoms. The molecule has 34 heavy (non-hydrogen) atoms. The standard InChI is InChI=1S/C23H25ClN2O6S2/c1-30-18-9-10-19(31-2)22-21(18)25-23(33-22)26(14-16-4-3-12-32-16)20(27)11-13-34(28,29)17-7-5-15(24)6-8-17/h5-10,16H,3-4,11-14H2,1-2H3. The summed E-state index contributed by atoms with van der Waals surface area (Å²) in [5.41, 5.74) is 0.584. The predicted octanol–water partition coefficient (Wildman–Crippen LogP) is 4.34. The predicted molar refractivity (Wildman–Crippen MR) is 132 cm³/mol. The third kappa shape index (κ3) is 5.30. The van der Waals surface area contributed by atoms with E-state index in [9.17, 15) is 13.2 Å². The number of methoxy groups -OCH3 is 2. The van der Waals surface area contributed by atoms with Crippen LogP contribution >= 0.6 is 22.9 Å². The molecule has 2 heterocycles. The molecular formula is C23H25ClN2O6S2. The van der Waals surface area contributed by atoms with Crippen molar-refractivity contribution in [1.82, 2.24) is 4.98 Å². The van der Waals surface area contributed by atoms with E-state index in [0.29, 0.717) is 40.3 Å². The highest BCUT2D eigenvalue weighted by molar-refractivity contribution is 7.91. The largest absolute Gasteiger partial charge is 0.495 e. The minimum atomic E-state index is -3.66. The van der Waals surface area contributed by atoms with Crippen LogP contribution in [0.1, 0.15) is 19.3 Å². The van der Waals surface area contributed by atoms with E-state index in [4.69, 9.17) is 25.8 Å². The van der Waals surface area contributed by atoms with Gasteiger partial charge in [0, 0.05) is 18.1 Å². The molecule has 0 N–H and O–H groups in total. The Bertz CT molecular complexity index is 1230. The van der Waals surface area contributed by atoms with Crippen molar-refractivity contribution in [2.75, 3.05) is 38.0 Å². The van der Waals surface area contributed by atoms with Crippen molar-refractivity contribution in [3.05, 3.63) is 41.4 Å². The maximum absolute atomic E-state index is 13.3. The van der Waals surface area contributed by atoms with E-state index < -0.39 is 9.84 Å². The highest BCUT2D eigenvalue weighted by Gasteiger charge is 2.28. The Morgan fingerprint density at radius 3 is 2.53 bits per heavy atom. The average Bonchev–Trinajstić information content (AvgIpc) is 3.51. The summed E-state index contributed by atoms with van der Waals surface area (Å²) < 4.78 is 42.9. The van der Waals surface area contributed by atoms with E-state index in [1.807, 2.05) is 0 Å². The number of carbonyl (C=O) groups is 1. The number of halogens is 1. The number of nitrogens with zero attached hydrogens (tertiary/aromatic N) is 2. The topological polar surface area (TPSA) is 95.0 Å². The van der Waals surface area contributed by atoms with Crippen LogP contribution in [0, 0.1) is 0 Å². The number of rotatable bonds is 9. The van der Waals surface area contributed by atoms with Gasteiger partial charge in [0.05, 0.1) is 37.5 Å². The molecule has 0 aliphatic carbocycles. The van der Waals surface area contributed by atoms with E-state index >= 15 is 0 Å². The fourth-order valence-electron chi connectivity index (χ4n) is 3.78. The number of sulfone groups is 1. The summed E-state index contributed by atoms with van der Waals surface area (Å²) in [4.78, 5) is 19.7. The first-order valence-corrected chi connectivity index (χ1v) is 13.6. The molecule has 1 unspecified atom stereocenters. The lowest BCUT2D eigenvalue weighted by Crippen LogP contribution is -2.38. The third-order valence-corrected chi connectivity index (χ3v) is 8.68. The molecule has 0 radical (unpaired) electrons. The van der Waals surface area contributed by atoms with Crippen LogP contribution in [0.25, 0.3) is 10.2 Å². The monoisotopic (exact) mass is 524 g/mol. The molecule has 4 rings (SSSR count). The first-order chi connectivity index (χ1) is 16.3. The normalized spacial score (nSPS) is 16.0. The van der Waals surface area contributed by atoms with Gasteiger partial charge in [0.2, 0.25) is 5.91 Å². The van der Waals surface area contributed by atoms with Crippen LogP contribution in [0.15, 0.2) is 41.3 Å². The Balaban J connectivity index is 1.62. The van der Waals surface area contributed by atoms with Crippen LogP contribution in [0.5, 0.6) is 11.5 Å². The van der Waals surface area contributed by atoms with Crippen molar-refractivity contribution >= 4 is 54.0 Å². The summed E-state index contributed by atoms with van der Waals surface area (Å²) in [7, 11) is -0.536. The number of anilines is 1. The summed E-state index contributed by atoms with van der Waals surface area (Å²) in [6, 6.07) is 9.46. The fourth-order valence-corrected chi connectivity index (χ4v) is 6.24. The van der Waals surface area contributed by atoms with Crippen LogP contribution in [0.3, 0.4) is 0 Å². The van der Waals surface area contributed by atoms with Crippen molar-refractivity contribution < 1.29 is 27.4 Å². The van der Waals surface area contributed by atoms with Crippen molar-refractivity contribution in [2.45, 2.75) is 30.3 Å². The first-order valence-electron chi connectivity index (χ1n) is 10.7. The lowest BCUT2D eigenvalue weighted by Gasteiger charge is -2.23. The van der Waals surface area contributed by atoms with Gasteiger partial charge in [-0.15, -0.1) is 0 Å². The number of hydrogen-bond donors (Lipinski definition) is 0. The molecule has 182 valence electrons. The quantitative estimate of drug-likeness (QED) is 0.411. The number of aromatic nitrogens is 1. The number of fused-ring (bicyclic) bond motifs is 1. The van der Waals surface area contributed by atoms with Gasteiger partial charge < -0.3 is 14.2 Å². The number of amides is 1. The molecule has 1 aromatic heterocycles. The maximum atomic E-state index is 13.3. The molecule has 0 spiro atoms. The lowest BCUT2D eigenvalue weighted by molar-refractivity contribution is -0.118. The first kappa shape index (κ1) is 24.7. The number of carbonyl (C=O) groups excluding carboxylic acids is 1. The minimum Gasteiger partial charge on any atom is -0.495 e. The molecular weight excluding hydrogens is 500 g/mol. The second kappa shape index (κ2) is 10.5. The van der Waals surface area contributed by atoms with Gasteiger partial charge in [0.25, 0.3) is 0 Å². The zero-order valence-corrected chi connectivity index (χ0v) is 21.2. The molecule has 1 fully saturated rings. The van der Waals surface area contributed by atoms with Crippen LogP contribution < -0.4 is 14.4 Å². The molecule has 1 aliphatic rings. The van der Waals surface area contributed by atoms with Gasteiger partial charge in [0.1, 0.15) is 21.7 Å². The van der Waals surface area contributed by atoms with Crippen molar-refractivity contribution in [1.29, 1.82) is 0 Å². The molecule has 1 saturated heterocycles. The van der Waals surface area contributed by atoms with Gasteiger partial charge in [-0.1, -0.05) is 22.9 Å². The Hall–Kier alpha value is -2.40. The van der Waals surface area contributed by atoms with Crippen LogP contribution in [-0.4, -0.2) is 58.5 Å². The minimum absolute atomic E-state index is 0.129. The summed E-state index contributed by atoms with van der Waals surface area (Å²) in [5, 5.41) is 0.890. The van der Waals surface area contributed by atoms with Crippen molar-refractivity contribution in [3.8, 4) is 11.5 Å². The van der Waals surface area contributed by atoms with Gasteiger partial charge in [-0.3, -0.25) is 9.69 Å². The average molecular weight is 525 g/mol. The van der Waals surface area contributed by atoms with Crippen LogP contribution in [0.4, 0.5) is 5.13 Å². The van der Waals surface area contributed by atoms with Gasteiger partial charge >= 0.3 is 0 Å². The van der Waals surface area contributed by atoms with Gasteiger partial charge in [-0.05, 0) is 49.2 Å². The smallest absolute Gasteiger partial charge is 0.229 e. The maximum Gasteiger partial charge on any atom is 0.229 e. The summed E-state index contributed by atoms with van der Waals surface area (Å²) >= 11 is 7.16. The van der Waals surface area contributed by atoms with E-state index in [-0.39, 0.29) is 29.1 Å². The van der Waals surface area contributed by atoms with E-state index in [0.717, 1.165) is 17.5 Å². The second-order valence-electron chi connectivity index (χ2n) is 7.81. The second-order valence-corrected chi connectivity index (χ2v) is 11.3. The molecule has 3 aromatic rings. The zero-order chi connectivity index (χ0) is 24.3. The van der Waals surface area contributed by atoms with Crippen LogP contribution in [-0.2, 0) is 19.4 Å². The molecule has 0 bridgehead atoms. The van der Waals surface area contributed by atoms with E-state index in [2.05, 4.69) is 4.98 Å². The van der Waals surface area contributed by atoms with Gasteiger partial charge in [-0.25, -0.2) is 13.4 Å². The molecule has 2 aromatic carbocycles. The molecule has 0 saturated carbocycles. The lowest BCUT2D eigenvalue weighted by atomic mass is 10.2. The Morgan fingerprint density at radius 1 is 1.18 bits per heavy atom. The number of benzene rings is 2. The molecule has 1 atom stereocenters. The summed E-state index contributed by atoms with van der Waals surface area (Å²) in [6.45, 7) is 0.934. The molecule has 8 nitrogen and oxygen atoms in total. The Kier molecular flexibility index (Phi) is 7.61. The SMILES string of the molecule is COc1ccc(OC)c2sc(N(CC3CCCO3)C(=O)CCS(=O)(=O)c3ccc(Cl)cc3)nc12. The molecule has 1 aliphatic heterocycles. The number of ether oxygens (including phenoxy) is 3. The highest BCUT2D eigenvalue weighted by Crippen LogP contribution is 2.40. The Morgan fingerprint density at radius 2 is 1.88 bits per heavy atom.